The van der Waals surface area contributed by atoms with Crippen LogP contribution >= 0.6 is 23.1 Å². The third-order valence-electron chi connectivity index (χ3n) is 3.21. The van der Waals surface area contributed by atoms with Crippen LogP contribution in [0.25, 0.3) is 10.9 Å². The first-order valence-electron chi connectivity index (χ1n) is 6.84. The van der Waals surface area contributed by atoms with Gasteiger partial charge in [-0.1, -0.05) is 18.2 Å². The summed E-state index contributed by atoms with van der Waals surface area (Å²) in [7, 11) is 0. The van der Waals surface area contributed by atoms with Crippen LogP contribution in [0.2, 0.25) is 0 Å². The minimum absolute atomic E-state index is 1.05. The van der Waals surface area contributed by atoms with Crippen LogP contribution in [0.1, 0.15) is 5.56 Å². The Morgan fingerprint density at radius 2 is 2.10 bits per heavy atom. The highest BCUT2D eigenvalue weighted by Crippen LogP contribution is 2.22. The highest BCUT2D eigenvalue weighted by molar-refractivity contribution is 7.99. The van der Waals surface area contributed by atoms with Gasteiger partial charge in [0.15, 0.2) is 0 Å². The largest absolute Gasteiger partial charge is 0.350 e. The first-order valence-corrected chi connectivity index (χ1v) is 8.77. The average molecular weight is 302 g/mol. The number of rotatable bonds is 7. The molecule has 2 heterocycles. The monoisotopic (exact) mass is 302 g/mol. The van der Waals surface area contributed by atoms with E-state index in [2.05, 4.69) is 57.5 Å². The molecule has 3 rings (SSSR count). The van der Waals surface area contributed by atoms with Gasteiger partial charge in [0.25, 0.3) is 0 Å². The number of nitrogens with one attached hydrogen (secondary N) is 2. The van der Waals surface area contributed by atoms with Gasteiger partial charge in [-0.05, 0) is 47.5 Å². The summed E-state index contributed by atoms with van der Waals surface area (Å²) in [6, 6.07) is 12.8. The standard InChI is InChI=1S/C16H18N2S2/c1-2-4-15-14(3-1)11-16(18-15)20-10-8-17-7-5-13-6-9-19-12-13/h1-4,6,9,11-12,17-18H,5,7-8,10H2. The lowest BCUT2D eigenvalue weighted by molar-refractivity contribution is 0.722. The summed E-state index contributed by atoms with van der Waals surface area (Å²) in [4.78, 5) is 3.45. The summed E-state index contributed by atoms with van der Waals surface area (Å²) >= 11 is 3.65. The van der Waals surface area contributed by atoms with Crippen molar-refractivity contribution in [1.29, 1.82) is 0 Å². The van der Waals surface area contributed by atoms with Crippen molar-refractivity contribution >= 4 is 34.0 Å². The van der Waals surface area contributed by atoms with Crippen LogP contribution in [0.15, 0.2) is 52.2 Å². The predicted octanol–water partition coefficient (Wildman–Crippen LogP) is 4.15. The van der Waals surface area contributed by atoms with Crippen molar-refractivity contribution in [2.75, 3.05) is 18.8 Å². The lowest BCUT2D eigenvalue weighted by Crippen LogP contribution is -2.19. The van der Waals surface area contributed by atoms with Crippen LogP contribution in [0.4, 0.5) is 0 Å². The van der Waals surface area contributed by atoms with Gasteiger partial charge >= 0.3 is 0 Å². The smallest absolute Gasteiger partial charge is 0.0732 e. The fourth-order valence-electron chi connectivity index (χ4n) is 2.15. The maximum absolute atomic E-state index is 3.50. The Balaban J connectivity index is 1.37. The molecule has 0 saturated carbocycles. The van der Waals surface area contributed by atoms with Crippen LogP contribution in [0.5, 0.6) is 0 Å². The van der Waals surface area contributed by atoms with Crippen molar-refractivity contribution < 1.29 is 0 Å². The first kappa shape index (κ1) is 13.7. The molecule has 0 saturated heterocycles. The van der Waals surface area contributed by atoms with E-state index in [1.54, 1.807) is 11.3 Å². The lowest BCUT2D eigenvalue weighted by Gasteiger charge is -2.02. The summed E-state index contributed by atoms with van der Waals surface area (Å²) in [5, 5.41) is 10.4. The normalized spacial score (nSPS) is 11.2. The zero-order valence-corrected chi connectivity index (χ0v) is 12.9. The van der Waals surface area contributed by atoms with Gasteiger partial charge in [-0.15, -0.1) is 11.8 Å². The molecular weight excluding hydrogens is 284 g/mol. The van der Waals surface area contributed by atoms with Crippen LogP contribution in [-0.4, -0.2) is 23.8 Å². The van der Waals surface area contributed by atoms with Crippen LogP contribution in [0, 0.1) is 0 Å². The number of H-pyrrole nitrogens is 1. The van der Waals surface area contributed by atoms with Gasteiger partial charge in [-0.3, -0.25) is 0 Å². The molecule has 0 aliphatic heterocycles. The second-order valence-electron chi connectivity index (χ2n) is 4.70. The van der Waals surface area contributed by atoms with Crippen LogP contribution in [-0.2, 0) is 6.42 Å². The Hall–Kier alpha value is -1.23. The molecule has 4 heteroatoms. The minimum atomic E-state index is 1.05. The molecule has 0 unspecified atom stereocenters. The molecule has 2 aromatic heterocycles. The Labute approximate surface area is 127 Å². The number of aromatic nitrogens is 1. The lowest BCUT2D eigenvalue weighted by atomic mass is 10.2. The molecule has 3 aromatic rings. The summed E-state index contributed by atoms with van der Waals surface area (Å²) in [6.07, 6.45) is 1.13. The number of aromatic amines is 1. The average Bonchev–Trinajstić information content (AvgIpc) is 3.11. The number of hydrogen-bond acceptors (Lipinski definition) is 3. The van der Waals surface area contributed by atoms with Crippen molar-refractivity contribution in [3.8, 4) is 0 Å². The molecule has 0 atom stereocenters. The molecule has 0 fully saturated rings. The Morgan fingerprint density at radius 1 is 1.15 bits per heavy atom. The van der Waals surface area contributed by atoms with Crippen molar-refractivity contribution in [3.05, 3.63) is 52.7 Å². The van der Waals surface area contributed by atoms with E-state index in [1.807, 2.05) is 11.8 Å². The molecule has 0 bridgehead atoms. The van der Waals surface area contributed by atoms with Crippen LogP contribution < -0.4 is 5.32 Å². The third kappa shape index (κ3) is 3.66. The fraction of sp³-hybridized carbons (Fsp3) is 0.250. The molecule has 0 spiro atoms. The summed E-state index contributed by atoms with van der Waals surface area (Å²) in [6.45, 7) is 2.11. The number of hydrogen-bond donors (Lipinski definition) is 2. The molecular formula is C16H18N2S2. The van der Waals surface area contributed by atoms with E-state index in [-0.39, 0.29) is 0 Å². The summed E-state index contributed by atoms with van der Waals surface area (Å²) < 4.78 is 0. The molecule has 0 aliphatic rings. The highest BCUT2D eigenvalue weighted by Gasteiger charge is 2.00. The first-order chi connectivity index (χ1) is 9.92. The van der Waals surface area contributed by atoms with E-state index in [9.17, 15) is 0 Å². The van der Waals surface area contributed by atoms with Gasteiger partial charge in [0.1, 0.15) is 0 Å². The quantitative estimate of drug-likeness (QED) is 0.507. The van der Waals surface area contributed by atoms with E-state index < -0.39 is 0 Å². The number of thioether (sulfide) groups is 1. The number of para-hydroxylation sites is 1. The van der Waals surface area contributed by atoms with Crippen LogP contribution in [0.3, 0.4) is 0 Å². The molecule has 2 N–H and O–H groups in total. The zero-order valence-electron chi connectivity index (χ0n) is 11.3. The molecule has 0 radical (unpaired) electrons. The van der Waals surface area contributed by atoms with Gasteiger partial charge in [-0.25, -0.2) is 0 Å². The maximum Gasteiger partial charge on any atom is 0.0732 e. The van der Waals surface area contributed by atoms with Gasteiger partial charge in [0.2, 0.25) is 0 Å². The van der Waals surface area contributed by atoms with Crippen molar-refractivity contribution in [2.45, 2.75) is 11.4 Å². The van der Waals surface area contributed by atoms with E-state index in [1.165, 1.54) is 21.5 Å². The molecule has 104 valence electrons. The molecule has 1 aromatic carbocycles. The second kappa shape index (κ2) is 6.97. The van der Waals surface area contributed by atoms with Gasteiger partial charge in [0, 0.05) is 23.2 Å². The number of thiophene rings is 1. The van der Waals surface area contributed by atoms with E-state index in [0.29, 0.717) is 0 Å². The minimum Gasteiger partial charge on any atom is -0.350 e. The SMILES string of the molecule is c1ccc2[nH]c(SCCNCCc3ccsc3)cc2c1. The highest BCUT2D eigenvalue weighted by atomic mass is 32.2. The predicted molar refractivity (Wildman–Crippen MR) is 89.9 cm³/mol. The van der Waals surface area contributed by atoms with E-state index in [4.69, 9.17) is 0 Å². The molecule has 2 nitrogen and oxygen atoms in total. The fourth-order valence-corrected chi connectivity index (χ4v) is 3.71. The topological polar surface area (TPSA) is 27.8 Å². The van der Waals surface area contributed by atoms with Gasteiger partial charge in [-0.2, -0.15) is 11.3 Å². The maximum atomic E-state index is 3.50. The van der Waals surface area contributed by atoms with Crippen molar-refractivity contribution in [2.24, 2.45) is 0 Å². The molecule has 0 amide bonds. The number of benzene rings is 1. The number of fused-ring (bicyclic) bond motifs is 1. The van der Waals surface area contributed by atoms with E-state index in [0.717, 1.165) is 25.3 Å². The van der Waals surface area contributed by atoms with Crippen molar-refractivity contribution in [3.63, 3.8) is 0 Å². The van der Waals surface area contributed by atoms with Gasteiger partial charge in [0.05, 0.1) is 5.03 Å². The Kier molecular flexibility index (Phi) is 4.79. The van der Waals surface area contributed by atoms with Crippen molar-refractivity contribution in [1.82, 2.24) is 10.3 Å². The third-order valence-corrected chi connectivity index (χ3v) is 4.88. The molecule has 20 heavy (non-hydrogen) atoms. The molecule has 0 aliphatic carbocycles. The zero-order chi connectivity index (χ0) is 13.6. The summed E-state index contributed by atoms with van der Waals surface area (Å²) in [5.74, 6) is 1.09. The summed E-state index contributed by atoms with van der Waals surface area (Å²) in [5.41, 5.74) is 2.66. The Bertz CT molecular complexity index is 610. The Morgan fingerprint density at radius 3 is 2.95 bits per heavy atom. The second-order valence-corrected chi connectivity index (χ2v) is 6.62. The van der Waals surface area contributed by atoms with E-state index >= 15 is 0 Å². The van der Waals surface area contributed by atoms with Gasteiger partial charge < -0.3 is 10.3 Å².